The number of carbonyl (C=O) groups excluding carboxylic acids is 1. The summed E-state index contributed by atoms with van der Waals surface area (Å²) < 4.78 is 24.0. The van der Waals surface area contributed by atoms with Crippen LogP contribution in [0.25, 0.3) is 0 Å². The molecule has 0 fully saturated rings. The highest BCUT2D eigenvalue weighted by atomic mass is 19.1. The SMILES string of the molecule is COc1cc(F)c(C(C)NC(=O)CCN)cc1OC. The van der Waals surface area contributed by atoms with Gasteiger partial charge < -0.3 is 20.5 Å². The van der Waals surface area contributed by atoms with Crippen LogP contribution in [0.2, 0.25) is 0 Å². The Hall–Kier alpha value is -1.82. The van der Waals surface area contributed by atoms with Gasteiger partial charge in [-0.25, -0.2) is 4.39 Å². The fourth-order valence-electron chi connectivity index (χ4n) is 1.72. The number of carbonyl (C=O) groups is 1. The molecule has 0 spiro atoms. The molecule has 0 bridgehead atoms. The van der Waals surface area contributed by atoms with Crippen molar-refractivity contribution in [2.75, 3.05) is 20.8 Å². The van der Waals surface area contributed by atoms with Crippen molar-refractivity contribution >= 4 is 5.91 Å². The van der Waals surface area contributed by atoms with E-state index in [4.69, 9.17) is 15.2 Å². The molecule has 1 aromatic carbocycles. The number of amides is 1. The number of benzene rings is 1. The number of nitrogens with two attached hydrogens (primary N) is 1. The van der Waals surface area contributed by atoms with Crippen molar-refractivity contribution in [2.45, 2.75) is 19.4 Å². The van der Waals surface area contributed by atoms with Gasteiger partial charge in [-0.05, 0) is 13.0 Å². The summed E-state index contributed by atoms with van der Waals surface area (Å²) in [5.74, 6) is 0.0467. The number of methoxy groups -OCH3 is 2. The van der Waals surface area contributed by atoms with Gasteiger partial charge in [0.05, 0.1) is 20.3 Å². The Bertz CT molecular complexity index is 452. The monoisotopic (exact) mass is 270 g/mol. The number of hydrogen-bond donors (Lipinski definition) is 2. The predicted molar refractivity (Wildman–Crippen MR) is 69.7 cm³/mol. The molecule has 0 saturated carbocycles. The van der Waals surface area contributed by atoms with Crippen molar-refractivity contribution in [3.05, 3.63) is 23.5 Å². The highest BCUT2D eigenvalue weighted by molar-refractivity contribution is 5.76. The Morgan fingerprint density at radius 3 is 2.47 bits per heavy atom. The van der Waals surface area contributed by atoms with E-state index in [0.29, 0.717) is 17.1 Å². The van der Waals surface area contributed by atoms with E-state index in [1.54, 1.807) is 6.92 Å². The molecule has 106 valence electrons. The van der Waals surface area contributed by atoms with Crippen molar-refractivity contribution in [2.24, 2.45) is 5.73 Å². The number of rotatable bonds is 6. The molecule has 1 unspecified atom stereocenters. The summed E-state index contributed by atoms with van der Waals surface area (Å²) in [4.78, 5) is 11.4. The lowest BCUT2D eigenvalue weighted by Crippen LogP contribution is -2.28. The Morgan fingerprint density at radius 2 is 1.95 bits per heavy atom. The number of ether oxygens (including phenoxy) is 2. The van der Waals surface area contributed by atoms with Crippen LogP contribution in [0.5, 0.6) is 11.5 Å². The maximum atomic E-state index is 13.9. The van der Waals surface area contributed by atoms with Crippen molar-refractivity contribution in [3.63, 3.8) is 0 Å². The molecular weight excluding hydrogens is 251 g/mol. The normalized spacial score (nSPS) is 11.8. The van der Waals surface area contributed by atoms with E-state index in [9.17, 15) is 9.18 Å². The minimum atomic E-state index is -0.473. The third-order valence-electron chi connectivity index (χ3n) is 2.72. The first-order valence-corrected chi connectivity index (χ1v) is 5.94. The fraction of sp³-hybridized carbons (Fsp3) is 0.462. The Kier molecular flexibility index (Phi) is 5.57. The third kappa shape index (κ3) is 3.82. The summed E-state index contributed by atoms with van der Waals surface area (Å²) in [5.41, 5.74) is 5.62. The van der Waals surface area contributed by atoms with Crippen molar-refractivity contribution < 1.29 is 18.7 Å². The minimum absolute atomic E-state index is 0.208. The maximum absolute atomic E-state index is 13.9. The molecule has 0 saturated heterocycles. The third-order valence-corrected chi connectivity index (χ3v) is 2.72. The van der Waals surface area contributed by atoms with E-state index in [0.717, 1.165) is 0 Å². The molecule has 1 atom stereocenters. The molecule has 3 N–H and O–H groups in total. The van der Waals surface area contributed by atoms with Gasteiger partial charge in [0, 0.05) is 24.6 Å². The van der Waals surface area contributed by atoms with E-state index >= 15 is 0 Å². The van der Waals surface area contributed by atoms with E-state index in [2.05, 4.69) is 5.32 Å². The van der Waals surface area contributed by atoms with Crippen LogP contribution in [-0.2, 0) is 4.79 Å². The summed E-state index contributed by atoms with van der Waals surface area (Å²) in [6, 6.07) is 2.28. The molecule has 5 nitrogen and oxygen atoms in total. The molecule has 0 radical (unpaired) electrons. The van der Waals surface area contributed by atoms with Crippen molar-refractivity contribution in [1.29, 1.82) is 0 Å². The average molecular weight is 270 g/mol. The molecule has 1 amide bonds. The fourth-order valence-corrected chi connectivity index (χ4v) is 1.72. The predicted octanol–water partition coefficient (Wildman–Crippen LogP) is 1.37. The molecule has 1 aromatic rings. The zero-order valence-corrected chi connectivity index (χ0v) is 11.3. The first-order chi connectivity index (χ1) is 9.03. The number of halogens is 1. The van der Waals surface area contributed by atoms with Crippen LogP contribution in [0.3, 0.4) is 0 Å². The van der Waals surface area contributed by atoms with Crippen LogP contribution < -0.4 is 20.5 Å². The van der Waals surface area contributed by atoms with Gasteiger partial charge in [0.25, 0.3) is 0 Å². The summed E-state index contributed by atoms with van der Waals surface area (Å²) in [7, 11) is 2.90. The maximum Gasteiger partial charge on any atom is 0.221 e. The van der Waals surface area contributed by atoms with Crippen LogP contribution in [0.4, 0.5) is 4.39 Å². The number of hydrogen-bond acceptors (Lipinski definition) is 4. The first-order valence-electron chi connectivity index (χ1n) is 5.94. The molecule has 19 heavy (non-hydrogen) atoms. The van der Waals surface area contributed by atoms with Gasteiger partial charge in [0.1, 0.15) is 5.82 Å². The summed E-state index contributed by atoms with van der Waals surface area (Å²) in [5, 5.41) is 2.67. The van der Waals surface area contributed by atoms with Crippen LogP contribution in [0.1, 0.15) is 24.9 Å². The minimum Gasteiger partial charge on any atom is -0.493 e. The molecule has 1 rings (SSSR count). The molecular formula is C13H19FN2O3. The largest absolute Gasteiger partial charge is 0.493 e. The molecule has 6 heteroatoms. The van der Waals surface area contributed by atoms with E-state index in [1.165, 1.54) is 26.4 Å². The lowest BCUT2D eigenvalue weighted by molar-refractivity contribution is -0.121. The highest BCUT2D eigenvalue weighted by Crippen LogP contribution is 2.32. The molecule has 0 aliphatic heterocycles. The van der Waals surface area contributed by atoms with Gasteiger partial charge in [-0.3, -0.25) is 4.79 Å². The summed E-state index contributed by atoms with van der Waals surface area (Å²) in [6.07, 6.45) is 0.208. The molecule has 0 aromatic heterocycles. The van der Waals surface area contributed by atoms with Crippen LogP contribution in [0, 0.1) is 5.82 Å². The van der Waals surface area contributed by atoms with Crippen molar-refractivity contribution in [1.82, 2.24) is 5.32 Å². The average Bonchev–Trinajstić information content (AvgIpc) is 2.38. The Morgan fingerprint density at radius 1 is 1.37 bits per heavy atom. The van der Waals surface area contributed by atoms with Gasteiger partial charge in [0.2, 0.25) is 5.91 Å². The zero-order chi connectivity index (χ0) is 14.4. The number of nitrogens with one attached hydrogen (secondary N) is 1. The molecule has 0 aliphatic carbocycles. The van der Waals surface area contributed by atoms with Crippen LogP contribution >= 0.6 is 0 Å². The van der Waals surface area contributed by atoms with E-state index < -0.39 is 11.9 Å². The van der Waals surface area contributed by atoms with E-state index in [1.807, 2.05) is 0 Å². The van der Waals surface area contributed by atoms with Crippen LogP contribution in [0.15, 0.2) is 12.1 Å². The van der Waals surface area contributed by atoms with Gasteiger partial charge in [0.15, 0.2) is 11.5 Å². The van der Waals surface area contributed by atoms with Gasteiger partial charge in [-0.15, -0.1) is 0 Å². The van der Waals surface area contributed by atoms with Crippen molar-refractivity contribution in [3.8, 4) is 11.5 Å². The summed E-state index contributed by atoms with van der Waals surface area (Å²) >= 11 is 0. The standard InChI is InChI=1S/C13H19FN2O3/c1-8(16-13(17)4-5-15)9-6-11(18-2)12(19-3)7-10(9)14/h6-8H,4-5,15H2,1-3H3,(H,16,17). The second kappa shape index (κ2) is 6.94. The quantitative estimate of drug-likeness (QED) is 0.818. The second-order valence-corrected chi connectivity index (χ2v) is 4.06. The van der Waals surface area contributed by atoms with E-state index in [-0.39, 0.29) is 18.9 Å². The summed E-state index contributed by atoms with van der Waals surface area (Å²) in [6.45, 7) is 1.95. The smallest absolute Gasteiger partial charge is 0.221 e. The molecule has 0 aliphatic rings. The van der Waals surface area contributed by atoms with Gasteiger partial charge in [-0.1, -0.05) is 0 Å². The van der Waals surface area contributed by atoms with Crippen LogP contribution in [-0.4, -0.2) is 26.7 Å². The topological polar surface area (TPSA) is 73.6 Å². The second-order valence-electron chi connectivity index (χ2n) is 4.06. The molecule has 0 heterocycles. The van der Waals surface area contributed by atoms with Gasteiger partial charge in [-0.2, -0.15) is 0 Å². The zero-order valence-electron chi connectivity index (χ0n) is 11.3. The highest BCUT2D eigenvalue weighted by Gasteiger charge is 2.17. The Labute approximate surface area is 111 Å². The first kappa shape index (κ1) is 15.2. The lowest BCUT2D eigenvalue weighted by atomic mass is 10.1. The van der Waals surface area contributed by atoms with Gasteiger partial charge >= 0.3 is 0 Å². The lowest BCUT2D eigenvalue weighted by Gasteiger charge is -2.17. The Balaban J connectivity index is 2.96.